The molecule has 0 radical (unpaired) electrons. The fourth-order valence-electron chi connectivity index (χ4n) is 2.39. The molecule has 1 heterocycles. The highest BCUT2D eigenvalue weighted by molar-refractivity contribution is 5.69. The number of esters is 1. The number of nitrogens with one attached hydrogen (secondary N) is 1. The largest absolute Gasteiger partial charge is 0.426 e. The zero-order chi connectivity index (χ0) is 17.0. The third-order valence-electron chi connectivity index (χ3n) is 3.61. The zero-order valence-electron chi connectivity index (χ0n) is 12.6. The number of carbonyl (C=O) groups excluding carboxylic acids is 1. The van der Waals surface area contributed by atoms with Crippen molar-refractivity contribution in [2.45, 2.75) is 44.1 Å². The summed E-state index contributed by atoms with van der Waals surface area (Å²) in [6, 6.07) is 6.84. The predicted octanol–water partition coefficient (Wildman–Crippen LogP) is -1.50. The molecule has 1 saturated heterocycles. The van der Waals surface area contributed by atoms with Crippen LogP contribution in [-0.4, -0.2) is 63.6 Å². The second-order valence-corrected chi connectivity index (χ2v) is 5.33. The molecule has 5 N–H and O–H groups in total. The van der Waals surface area contributed by atoms with E-state index < -0.39 is 43.2 Å². The second-order valence-electron chi connectivity index (χ2n) is 5.33. The summed E-state index contributed by atoms with van der Waals surface area (Å²) in [7, 11) is 0. The van der Waals surface area contributed by atoms with Gasteiger partial charge in [-0.1, -0.05) is 18.2 Å². The van der Waals surface area contributed by atoms with Gasteiger partial charge < -0.3 is 29.9 Å². The molecule has 1 aliphatic heterocycles. The summed E-state index contributed by atoms with van der Waals surface area (Å²) in [6.45, 7) is 0.987. The minimum Gasteiger partial charge on any atom is -0.426 e. The van der Waals surface area contributed by atoms with Gasteiger partial charge >= 0.3 is 5.97 Å². The molecule has 1 aliphatic rings. The molecule has 1 fully saturated rings. The van der Waals surface area contributed by atoms with Crippen molar-refractivity contribution in [1.82, 2.24) is 5.32 Å². The molecule has 0 saturated carbocycles. The van der Waals surface area contributed by atoms with Crippen molar-refractivity contribution in [2.75, 3.05) is 6.61 Å². The van der Waals surface area contributed by atoms with Crippen molar-refractivity contribution in [1.29, 1.82) is 0 Å². The molecule has 0 amide bonds. The maximum atomic E-state index is 11.1. The topological polar surface area (TPSA) is 128 Å². The first-order valence-corrected chi connectivity index (χ1v) is 7.24. The molecule has 0 aliphatic carbocycles. The van der Waals surface area contributed by atoms with E-state index in [0.29, 0.717) is 11.3 Å². The highest BCUT2D eigenvalue weighted by atomic mass is 16.6. The second kappa shape index (κ2) is 7.82. The highest BCUT2D eigenvalue weighted by Gasteiger charge is 2.43. The molecular weight excluding hydrogens is 306 g/mol. The van der Waals surface area contributed by atoms with E-state index in [4.69, 9.17) is 14.6 Å². The SMILES string of the molecule is CC(=O)Oc1ccccc1CNC1O[C@H](CO)[C@H](O)[C@H](O)[C@@H]1O. The molecule has 5 atom stereocenters. The van der Waals surface area contributed by atoms with Crippen LogP contribution in [0.3, 0.4) is 0 Å². The quantitative estimate of drug-likeness (QED) is 0.326. The molecule has 8 heteroatoms. The van der Waals surface area contributed by atoms with Crippen molar-refractivity contribution in [2.24, 2.45) is 0 Å². The van der Waals surface area contributed by atoms with Crippen LogP contribution < -0.4 is 10.1 Å². The van der Waals surface area contributed by atoms with Crippen LogP contribution in [0.25, 0.3) is 0 Å². The van der Waals surface area contributed by atoms with Crippen LogP contribution in [0.1, 0.15) is 12.5 Å². The average molecular weight is 327 g/mol. The third kappa shape index (κ3) is 4.25. The minimum absolute atomic E-state index is 0.187. The van der Waals surface area contributed by atoms with Crippen molar-refractivity contribution in [3.05, 3.63) is 29.8 Å². The fraction of sp³-hybridized carbons (Fsp3) is 0.533. The molecule has 0 aromatic heterocycles. The first kappa shape index (κ1) is 17.8. The number of rotatable bonds is 5. The van der Waals surface area contributed by atoms with Gasteiger partial charge in [-0.15, -0.1) is 0 Å². The van der Waals surface area contributed by atoms with Gasteiger partial charge in [0.2, 0.25) is 0 Å². The first-order chi connectivity index (χ1) is 10.9. The van der Waals surface area contributed by atoms with Gasteiger partial charge in [0.25, 0.3) is 0 Å². The fourth-order valence-corrected chi connectivity index (χ4v) is 2.39. The number of hydrogen-bond acceptors (Lipinski definition) is 8. The van der Waals surface area contributed by atoms with Gasteiger partial charge in [-0.25, -0.2) is 0 Å². The lowest BCUT2D eigenvalue weighted by Crippen LogP contribution is -2.62. The van der Waals surface area contributed by atoms with E-state index in [1.807, 2.05) is 0 Å². The van der Waals surface area contributed by atoms with E-state index in [2.05, 4.69) is 5.32 Å². The van der Waals surface area contributed by atoms with Crippen molar-refractivity contribution in [3.63, 3.8) is 0 Å². The Morgan fingerprint density at radius 2 is 1.91 bits per heavy atom. The Bertz CT molecular complexity index is 536. The molecule has 1 unspecified atom stereocenters. The Morgan fingerprint density at radius 1 is 1.22 bits per heavy atom. The molecule has 23 heavy (non-hydrogen) atoms. The summed E-state index contributed by atoms with van der Waals surface area (Å²) < 4.78 is 10.4. The molecule has 2 rings (SSSR count). The molecule has 0 bridgehead atoms. The number of aliphatic hydroxyl groups is 4. The average Bonchev–Trinajstić information content (AvgIpc) is 2.53. The van der Waals surface area contributed by atoms with Crippen molar-refractivity contribution < 1.29 is 34.7 Å². The molecule has 1 aromatic rings. The van der Waals surface area contributed by atoms with E-state index in [9.17, 15) is 20.1 Å². The number of ether oxygens (including phenoxy) is 2. The van der Waals surface area contributed by atoms with Crippen molar-refractivity contribution >= 4 is 5.97 Å². The predicted molar refractivity (Wildman–Crippen MR) is 78.4 cm³/mol. The van der Waals surface area contributed by atoms with Gasteiger partial charge in [-0.3, -0.25) is 10.1 Å². The summed E-state index contributed by atoms with van der Waals surface area (Å²) in [6.07, 6.45) is -6.18. The van der Waals surface area contributed by atoms with Gasteiger partial charge in [0.15, 0.2) is 0 Å². The summed E-state index contributed by atoms with van der Waals surface area (Å²) in [4.78, 5) is 11.1. The van der Waals surface area contributed by atoms with Crippen LogP contribution >= 0.6 is 0 Å². The molecule has 128 valence electrons. The van der Waals surface area contributed by atoms with Crippen LogP contribution in [0.15, 0.2) is 24.3 Å². The van der Waals surface area contributed by atoms with Crippen LogP contribution in [0.4, 0.5) is 0 Å². The number of hydrogen-bond donors (Lipinski definition) is 5. The monoisotopic (exact) mass is 327 g/mol. The highest BCUT2D eigenvalue weighted by Crippen LogP contribution is 2.22. The van der Waals surface area contributed by atoms with Gasteiger partial charge in [0, 0.05) is 19.0 Å². The summed E-state index contributed by atoms with van der Waals surface area (Å²) >= 11 is 0. The minimum atomic E-state index is -1.44. The normalized spacial score (nSPS) is 30.9. The molecule has 8 nitrogen and oxygen atoms in total. The summed E-state index contributed by atoms with van der Waals surface area (Å²) in [5.74, 6) is -0.0811. The van der Waals surface area contributed by atoms with Gasteiger partial charge in [-0.2, -0.15) is 0 Å². The summed E-state index contributed by atoms with van der Waals surface area (Å²) in [5, 5.41) is 41.4. The van der Waals surface area contributed by atoms with E-state index in [1.54, 1.807) is 24.3 Å². The third-order valence-corrected chi connectivity index (χ3v) is 3.61. The standard InChI is InChI=1S/C15H21NO7/c1-8(18)22-10-5-3-2-4-9(10)6-16-15-14(21)13(20)12(19)11(7-17)23-15/h2-5,11-17,19-21H,6-7H2,1H3/t11-,12+,13+,14+,15?/m1/s1. The number of aliphatic hydroxyl groups excluding tert-OH is 4. The van der Waals surface area contributed by atoms with Crippen LogP contribution in [0.5, 0.6) is 5.75 Å². The van der Waals surface area contributed by atoms with Crippen LogP contribution in [0, 0.1) is 0 Å². The molecular formula is C15H21NO7. The lowest BCUT2D eigenvalue weighted by molar-refractivity contribution is -0.236. The van der Waals surface area contributed by atoms with Gasteiger partial charge in [0.1, 0.15) is 36.4 Å². The maximum absolute atomic E-state index is 11.1. The van der Waals surface area contributed by atoms with Crippen LogP contribution in [0.2, 0.25) is 0 Å². The Morgan fingerprint density at radius 3 is 2.57 bits per heavy atom. The lowest BCUT2D eigenvalue weighted by atomic mass is 9.98. The van der Waals surface area contributed by atoms with E-state index in [1.165, 1.54) is 6.92 Å². The Labute approximate surface area is 133 Å². The first-order valence-electron chi connectivity index (χ1n) is 7.24. The smallest absolute Gasteiger partial charge is 0.308 e. The number of para-hydroxylation sites is 1. The van der Waals surface area contributed by atoms with Gasteiger partial charge in [-0.05, 0) is 6.07 Å². The van der Waals surface area contributed by atoms with Crippen LogP contribution in [-0.2, 0) is 16.1 Å². The molecule has 0 spiro atoms. The Hall–Kier alpha value is -1.55. The summed E-state index contributed by atoms with van der Waals surface area (Å²) in [5.41, 5.74) is 0.652. The Kier molecular flexibility index (Phi) is 6.05. The van der Waals surface area contributed by atoms with Gasteiger partial charge in [0.05, 0.1) is 6.61 Å². The van der Waals surface area contributed by atoms with Crippen molar-refractivity contribution in [3.8, 4) is 5.75 Å². The van der Waals surface area contributed by atoms with E-state index in [0.717, 1.165) is 0 Å². The number of benzene rings is 1. The zero-order valence-corrected chi connectivity index (χ0v) is 12.6. The van der Waals surface area contributed by atoms with E-state index >= 15 is 0 Å². The lowest BCUT2D eigenvalue weighted by Gasteiger charge is -2.40. The molecule has 1 aromatic carbocycles. The maximum Gasteiger partial charge on any atom is 0.308 e. The van der Waals surface area contributed by atoms with E-state index in [-0.39, 0.29) is 6.54 Å². The Balaban J connectivity index is 2.04. The number of carbonyl (C=O) groups is 1.